The average Bonchev–Trinajstić information content (AvgIpc) is 2.15. The van der Waals surface area contributed by atoms with E-state index in [0.717, 1.165) is 0 Å². The summed E-state index contributed by atoms with van der Waals surface area (Å²) < 4.78 is 9.24. The van der Waals surface area contributed by atoms with Crippen LogP contribution in [0.4, 0.5) is 0 Å². The molecule has 0 bridgehead atoms. The predicted molar refractivity (Wildman–Crippen MR) is 47.6 cm³/mol. The highest BCUT2D eigenvalue weighted by atomic mass is 16.6. The largest absolute Gasteiger partial charge is 0.475 e. The second kappa shape index (κ2) is 6.71. The zero-order valence-electron chi connectivity index (χ0n) is 8.19. The van der Waals surface area contributed by atoms with Gasteiger partial charge in [0.05, 0.1) is 13.2 Å². The van der Waals surface area contributed by atoms with E-state index in [0.29, 0.717) is 0 Å². The number of hydrogen-bond donors (Lipinski definition) is 1. The van der Waals surface area contributed by atoms with Gasteiger partial charge in [-0.3, -0.25) is 4.79 Å². The zero-order valence-corrected chi connectivity index (χ0v) is 8.19. The SMILES string of the molecule is CCOC(=O)CC([N+]#N)=C(O)OCC. The molecule has 0 aliphatic carbocycles. The number of aliphatic hydroxyl groups excluding tert-OH is 1. The third kappa shape index (κ3) is 4.30. The van der Waals surface area contributed by atoms with Gasteiger partial charge < -0.3 is 14.6 Å². The van der Waals surface area contributed by atoms with Gasteiger partial charge in [0.15, 0.2) is 11.4 Å². The van der Waals surface area contributed by atoms with Crippen LogP contribution in [0.2, 0.25) is 0 Å². The Labute approximate surface area is 81.7 Å². The van der Waals surface area contributed by atoms with Crippen LogP contribution in [0.1, 0.15) is 20.3 Å². The van der Waals surface area contributed by atoms with Gasteiger partial charge in [0, 0.05) is 0 Å². The first-order valence-corrected chi connectivity index (χ1v) is 4.21. The molecule has 0 aromatic heterocycles. The fraction of sp³-hybridized carbons (Fsp3) is 0.625. The molecule has 0 radical (unpaired) electrons. The van der Waals surface area contributed by atoms with Crippen molar-refractivity contribution in [3.63, 3.8) is 0 Å². The highest BCUT2D eigenvalue weighted by Gasteiger charge is 2.25. The van der Waals surface area contributed by atoms with Crippen molar-refractivity contribution in [2.75, 3.05) is 13.2 Å². The van der Waals surface area contributed by atoms with Gasteiger partial charge in [-0.2, -0.15) is 0 Å². The number of carbonyl (C=O) groups is 1. The molecule has 0 saturated carbocycles. The molecule has 0 amide bonds. The number of rotatable bonds is 5. The number of esters is 1. The summed E-state index contributed by atoms with van der Waals surface area (Å²) in [6, 6.07) is 0. The van der Waals surface area contributed by atoms with Gasteiger partial charge in [-0.05, 0) is 13.8 Å². The molecule has 0 rings (SSSR count). The van der Waals surface area contributed by atoms with E-state index in [-0.39, 0.29) is 25.3 Å². The lowest BCUT2D eigenvalue weighted by Gasteiger charge is -1.98. The minimum Gasteiger partial charge on any atom is -0.475 e. The van der Waals surface area contributed by atoms with Crippen molar-refractivity contribution in [2.24, 2.45) is 0 Å². The highest BCUT2D eigenvalue weighted by molar-refractivity contribution is 5.72. The topological polar surface area (TPSA) is 83.9 Å². The predicted octanol–water partition coefficient (Wildman–Crippen LogP) is 1.56. The first kappa shape index (κ1) is 12.2. The number of hydrogen-bond acceptors (Lipinski definition) is 5. The second-order valence-electron chi connectivity index (χ2n) is 2.27. The van der Waals surface area contributed by atoms with Crippen molar-refractivity contribution in [3.8, 4) is 0 Å². The molecule has 6 nitrogen and oxygen atoms in total. The van der Waals surface area contributed by atoms with Crippen LogP contribution in [-0.2, 0) is 14.3 Å². The lowest BCUT2D eigenvalue weighted by Crippen LogP contribution is -2.06. The van der Waals surface area contributed by atoms with Gasteiger partial charge in [-0.25, -0.2) is 0 Å². The highest BCUT2D eigenvalue weighted by Crippen LogP contribution is 2.10. The van der Waals surface area contributed by atoms with Crippen molar-refractivity contribution in [1.82, 2.24) is 0 Å². The van der Waals surface area contributed by atoms with Crippen LogP contribution in [0.3, 0.4) is 0 Å². The van der Waals surface area contributed by atoms with Crippen molar-refractivity contribution < 1.29 is 19.4 Å². The summed E-state index contributed by atoms with van der Waals surface area (Å²) in [5.74, 6) is -1.16. The normalized spacial score (nSPS) is 11.2. The van der Waals surface area contributed by atoms with Gasteiger partial charge in [-0.1, -0.05) is 0 Å². The molecule has 0 spiro atoms. The van der Waals surface area contributed by atoms with E-state index in [2.05, 4.69) is 14.4 Å². The maximum Gasteiger partial charge on any atom is 0.451 e. The van der Waals surface area contributed by atoms with E-state index in [1.165, 1.54) is 0 Å². The van der Waals surface area contributed by atoms with Gasteiger partial charge in [-0.15, -0.1) is 0 Å². The molecule has 0 aliphatic heterocycles. The first-order valence-electron chi connectivity index (χ1n) is 4.21. The fourth-order valence-corrected chi connectivity index (χ4v) is 0.723. The Morgan fingerprint density at radius 3 is 2.36 bits per heavy atom. The summed E-state index contributed by atoms with van der Waals surface area (Å²) in [4.78, 5) is 13.7. The molecule has 6 heteroatoms. The van der Waals surface area contributed by atoms with Gasteiger partial charge in [0.2, 0.25) is 5.39 Å². The number of diazo groups is 1. The van der Waals surface area contributed by atoms with E-state index in [1.807, 2.05) is 0 Å². The Bertz CT molecular complexity index is 267. The molecule has 0 heterocycles. The molecule has 0 aromatic rings. The molecular formula is C8H13N2O4+. The molecule has 1 N–H and O–H groups in total. The van der Waals surface area contributed by atoms with E-state index in [9.17, 15) is 4.79 Å². The van der Waals surface area contributed by atoms with Crippen molar-refractivity contribution in [3.05, 3.63) is 16.6 Å². The minimum atomic E-state index is -0.591. The number of aliphatic hydroxyl groups is 1. The second-order valence-corrected chi connectivity index (χ2v) is 2.27. The quantitative estimate of drug-likeness (QED) is 0.414. The third-order valence-electron chi connectivity index (χ3n) is 1.27. The van der Waals surface area contributed by atoms with Crippen molar-refractivity contribution >= 4 is 5.97 Å². The van der Waals surface area contributed by atoms with E-state index in [4.69, 9.17) is 10.5 Å². The van der Waals surface area contributed by atoms with Crippen LogP contribution in [0.5, 0.6) is 0 Å². The lowest BCUT2D eigenvalue weighted by atomic mass is 10.3. The Hall–Kier alpha value is -1.77. The van der Waals surface area contributed by atoms with Crippen LogP contribution in [0, 0.1) is 5.39 Å². The van der Waals surface area contributed by atoms with E-state index < -0.39 is 11.9 Å². The van der Waals surface area contributed by atoms with Gasteiger partial charge in [0.25, 0.3) is 0 Å². The van der Waals surface area contributed by atoms with Crippen LogP contribution in [0.25, 0.3) is 4.98 Å². The average molecular weight is 201 g/mol. The maximum atomic E-state index is 10.9. The first-order chi connectivity index (χ1) is 6.65. The molecule has 0 saturated heterocycles. The smallest absolute Gasteiger partial charge is 0.451 e. The Balaban J connectivity index is 4.36. The number of nitrogens with zero attached hydrogens (tertiary/aromatic N) is 2. The maximum absolute atomic E-state index is 10.9. The van der Waals surface area contributed by atoms with E-state index >= 15 is 0 Å². The summed E-state index contributed by atoms with van der Waals surface area (Å²) in [5, 5.41) is 17.6. The molecule has 78 valence electrons. The molecule has 0 atom stereocenters. The summed E-state index contributed by atoms with van der Waals surface area (Å²) in [6.45, 7) is 3.75. The van der Waals surface area contributed by atoms with Crippen molar-refractivity contribution in [1.29, 1.82) is 5.39 Å². The molecule has 0 unspecified atom stereocenters. The molecule has 0 fully saturated rings. The molecule has 0 aliphatic rings. The lowest BCUT2D eigenvalue weighted by molar-refractivity contribution is -0.142. The van der Waals surface area contributed by atoms with Crippen LogP contribution >= 0.6 is 0 Å². The van der Waals surface area contributed by atoms with Gasteiger partial charge in [0.1, 0.15) is 0 Å². The molecular weight excluding hydrogens is 188 g/mol. The third-order valence-corrected chi connectivity index (χ3v) is 1.27. The monoisotopic (exact) mass is 201 g/mol. The minimum absolute atomic E-state index is 0.216. The summed E-state index contributed by atoms with van der Waals surface area (Å²) >= 11 is 0. The van der Waals surface area contributed by atoms with Crippen molar-refractivity contribution in [2.45, 2.75) is 20.3 Å². The number of carbonyl (C=O) groups excluding carboxylic acids is 1. The Morgan fingerprint density at radius 1 is 1.36 bits per heavy atom. The van der Waals surface area contributed by atoms with Crippen LogP contribution in [0.15, 0.2) is 11.6 Å². The van der Waals surface area contributed by atoms with Crippen LogP contribution < -0.4 is 0 Å². The fourth-order valence-electron chi connectivity index (χ4n) is 0.723. The Morgan fingerprint density at radius 2 is 1.93 bits per heavy atom. The standard InChI is InChI=1S/C8H12N2O4/c1-3-13-7(11)5-6(10-9)8(12)14-4-2/h3-5H2,1-2H3/p+1. The van der Waals surface area contributed by atoms with Gasteiger partial charge >= 0.3 is 17.6 Å². The summed E-state index contributed by atoms with van der Waals surface area (Å²) in [7, 11) is 0. The molecule has 14 heavy (non-hydrogen) atoms. The number of ether oxygens (including phenoxy) is 2. The summed E-state index contributed by atoms with van der Waals surface area (Å²) in [5.41, 5.74) is -0.245. The zero-order chi connectivity index (χ0) is 11.0. The Kier molecular flexibility index (Phi) is 5.87. The molecule has 0 aromatic carbocycles. The van der Waals surface area contributed by atoms with E-state index in [1.54, 1.807) is 13.8 Å². The van der Waals surface area contributed by atoms with Crippen LogP contribution in [-0.4, -0.2) is 24.3 Å². The summed E-state index contributed by atoms with van der Waals surface area (Å²) in [6.07, 6.45) is -0.323.